The van der Waals surface area contributed by atoms with Gasteiger partial charge >= 0.3 is 0 Å². The minimum atomic E-state index is 0.599. The van der Waals surface area contributed by atoms with Gasteiger partial charge in [0.25, 0.3) is 0 Å². The lowest BCUT2D eigenvalue weighted by Crippen LogP contribution is -1.93. The summed E-state index contributed by atoms with van der Waals surface area (Å²) in [5.74, 6) is 0. The third kappa shape index (κ3) is 1.50. The molecule has 0 aliphatic carbocycles. The first-order valence-electron chi connectivity index (χ1n) is 3.50. The van der Waals surface area contributed by atoms with Crippen LogP contribution < -0.4 is 0 Å². The maximum Gasteiger partial charge on any atom is 0.195 e. The number of nitriles is 1. The highest BCUT2D eigenvalue weighted by molar-refractivity contribution is 9.10. The molecule has 3 nitrogen and oxygen atoms in total. The van der Waals surface area contributed by atoms with Crippen molar-refractivity contribution in [1.29, 1.82) is 5.26 Å². The van der Waals surface area contributed by atoms with E-state index in [9.17, 15) is 0 Å². The summed E-state index contributed by atoms with van der Waals surface area (Å²) < 4.78 is 2.56. The van der Waals surface area contributed by atoms with Crippen molar-refractivity contribution >= 4 is 27.3 Å². The molecule has 0 amide bonds. The second-order valence-electron chi connectivity index (χ2n) is 2.33. The third-order valence-corrected chi connectivity index (χ3v) is 3.08. The van der Waals surface area contributed by atoms with Crippen molar-refractivity contribution in [3.8, 4) is 11.2 Å². The summed E-state index contributed by atoms with van der Waals surface area (Å²) in [5.41, 5.74) is 0.599. The first-order valence-corrected chi connectivity index (χ1v) is 5.17. The van der Waals surface area contributed by atoms with Crippen molar-refractivity contribution in [2.24, 2.45) is 0 Å². The molecule has 13 heavy (non-hydrogen) atoms. The summed E-state index contributed by atoms with van der Waals surface area (Å²) in [6.07, 6.45) is 1.82. The quantitative estimate of drug-likeness (QED) is 0.784. The van der Waals surface area contributed by atoms with Crippen LogP contribution in [0.2, 0.25) is 0 Å². The van der Waals surface area contributed by atoms with Crippen LogP contribution in [0.5, 0.6) is 0 Å². The largest absolute Gasteiger partial charge is 0.284 e. The zero-order valence-electron chi connectivity index (χ0n) is 6.44. The van der Waals surface area contributed by atoms with E-state index in [1.165, 1.54) is 11.3 Å². The number of thiazole rings is 1. The molecule has 0 saturated heterocycles. The lowest BCUT2D eigenvalue weighted by molar-refractivity contribution is 1.02. The Morgan fingerprint density at radius 1 is 1.62 bits per heavy atom. The van der Waals surface area contributed by atoms with Crippen LogP contribution in [0.4, 0.5) is 0 Å². The predicted octanol–water partition coefficient (Wildman–Crippen LogP) is 2.57. The molecule has 5 heteroatoms. The van der Waals surface area contributed by atoms with E-state index in [-0.39, 0.29) is 0 Å². The van der Waals surface area contributed by atoms with E-state index in [0.29, 0.717) is 5.69 Å². The minimum absolute atomic E-state index is 0.599. The fourth-order valence-corrected chi connectivity index (χ4v) is 2.24. The van der Waals surface area contributed by atoms with Crippen molar-refractivity contribution in [2.45, 2.75) is 0 Å². The molecule has 0 aliphatic rings. The molecule has 64 valence electrons. The van der Waals surface area contributed by atoms with Gasteiger partial charge in [-0.25, -0.2) is 4.98 Å². The van der Waals surface area contributed by atoms with Crippen molar-refractivity contribution in [3.63, 3.8) is 0 Å². The van der Waals surface area contributed by atoms with Gasteiger partial charge in [-0.05, 0) is 28.1 Å². The van der Waals surface area contributed by atoms with Crippen LogP contribution in [-0.4, -0.2) is 9.55 Å². The van der Waals surface area contributed by atoms with Gasteiger partial charge in [0.2, 0.25) is 0 Å². The van der Waals surface area contributed by atoms with Crippen LogP contribution in [0.1, 0.15) is 5.69 Å². The SMILES string of the molecule is N#Cc1cccn1-c1nc(Br)cs1. The average Bonchev–Trinajstić information content (AvgIpc) is 2.71. The summed E-state index contributed by atoms with van der Waals surface area (Å²) in [5, 5.41) is 11.5. The summed E-state index contributed by atoms with van der Waals surface area (Å²) in [4.78, 5) is 4.21. The fourth-order valence-electron chi connectivity index (χ4n) is 0.995. The molecule has 0 aromatic carbocycles. The molecule has 0 aliphatic heterocycles. The van der Waals surface area contributed by atoms with Gasteiger partial charge in [0, 0.05) is 11.6 Å². The molecular weight excluding hydrogens is 250 g/mol. The molecule has 0 bridgehead atoms. The Labute approximate surface area is 87.4 Å². The molecular formula is C8H4BrN3S. The fraction of sp³-hybridized carbons (Fsp3) is 0. The standard InChI is InChI=1S/C8H4BrN3S/c9-7-5-13-8(11-7)12-3-1-2-6(12)4-10/h1-3,5H. The van der Waals surface area contributed by atoms with Gasteiger partial charge < -0.3 is 0 Å². The highest BCUT2D eigenvalue weighted by atomic mass is 79.9. The monoisotopic (exact) mass is 253 g/mol. The number of halogens is 1. The Morgan fingerprint density at radius 2 is 2.46 bits per heavy atom. The first-order chi connectivity index (χ1) is 6.31. The van der Waals surface area contributed by atoms with E-state index < -0.39 is 0 Å². The van der Waals surface area contributed by atoms with Gasteiger partial charge in [0.1, 0.15) is 16.4 Å². The van der Waals surface area contributed by atoms with Gasteiger partial charge in [-0.2, -0.15) is 5.26 Å². The molecule has 2 aromatic rings. The number of hydrogen-bond donors (Lipinski definition) is 0. The molecule has 2 aromatic heterocycles. The number of rotatable bonds is 1. The lowest BCUT2D eigenvalue weighted by atomic mass is 10.5. The van der Waals surface area contributed by atoms with Gasteiger partial charge in [-0.3, -0.25) is 4.57 Å². The van der Waals surface area contributed by atoms with E-state index in [0.717, 1.165) is 9.73 Å². The maximum atomic E-state index is 8.77. The van der Waals surface area contributed by atoms with Gasteiger partial charge in [-0.15, -0.1) is 11.3 Å². The summed E-state index contributed by atoms with van der Waals surface area (Å²) in [7, 11) is 0. The van der Waals surface area contributed by atoms with E-state index in [1.807, 2.05) is 17.6 Å². The van der Waals surface area contributed by atoms with Crippen LogP contribution in [0.15, 0.2) is 28.3 Å². The number of nitrogens with zero attached hydrogens (tertiary/aromatic N) is 3. The second-order valence-corrected chi connectivity index (χ2v) is 3.98. The van der Waals surface area contributed by atoms with Gasteiger partial charge in [0.05, 0.1) is 0 Å². The van der Waals surface area contributed by atoms with Crippen LogP contribution in [0.3, 0.4) is 0 Å². The molecule has 0 spiro atoms. The summed E-state index contributed by atoms with van der Waals surface area (Å²) in [6.45, 7) is 0. The van der Waals surface area contributed by atoms with Crippen LogP contribution in [-0.2, 0) is 0 Å². The number of hydrogen-bond acceptors (Lipinski definition) is 3. The maximum absolute atomic E-state index is 8.77. The number of aromatic nitrogens is 2. The normalized spacial score (nSPS) is 9.85. The summed E-state index contributed by atoms with van der Waals surface area (Å²) in [6, 6.07) is 5.68. The Hall–Kier alpha value is -1.12. The highest BCUT2D eigenvalue weighted by Crippen LogP contribution is 2.20. The van der Waals surface area contributed by atoms with Crippen LogP contribution >= 0.6 is 27.3 Å². The Balaban J connectivity index is 2.53. The van der Waals surface area contributed by atoms with Crippen LogP contribution in [0, 0.1) is 11.3 Å². The Bertz CT molecular complexity index is 466. The van der Waals surface area contributed by atoms with E-state index >= 15 is 0 Å². The molecule has 0 saturated carbocycles. The molecule has 0 unspecified atom stereocenters. The van der Waals surface area contributed by atoms with E-state index in [1.54, 1.807) is 10.6 Å². The first kappa shape index (κ1) is 8.48. The zero-order chi connectivity index (χ0) is 9.26. The molecule has 0 radical (unpaired) electrons. The van der Waals surface area contributed by atoms with Crippen molar-refractivity contribution in [3.05, 3.63) is 34.0 Å². The second kappa shape index (κ2) is 3.32. The average molecular weight is 254 g/mol. The van der Waals surface area contributed by atoms with Gasteiger partial charge in [0.15, 0.2) is 5.13 Å². The van der Waals surface area contributed by atoms with Gasteiger partial charge in [-0.1, -0.05) is 0 Å². The topological polar surface area (TPSA) is 41.6 Å². The smallest absolute Gasteiger partial charge is 0.195 e. The molecule has 2 rings (SSSR count). The molecule has 2 heterocycles. The van der Waals surface area contributed by atoms with E-state index in [2.05, 4.69) is 27.0 Å². The summed E-state index contributed by atoms with van der Waals surface area (Å²) >= 11 is 4.76. The molecule has 0 fully saturated rings. The minimum Gasteiger partial charge on any atom is -0.284 e. The van der Waals surface area contributed by atoms with Crippen molar-refractivity contribution in [1.82, 2.24) is 9.55 Å². The van der Waals surface area contributed by atoms with Crippen molar-refractivity contribution in [2.75, 3.05) is 0 Å². The highest BCUT2D eigenvalue weighted by Gasteiger charge is 2.05. The van der Waals surface area contributed by atoms with E-state index in [4.69, 9.17) is 5.26 Å². The third-order valence-electron chi connectivity index (χ3n) is 1.53. The predicted molar refractivity (Wildman–Crippen MR) is 53.9 cm³/mol. The molecule has 0 atom stereocenters. The lowest BCUT2D eigenvalue weighted by Gasteiger charge is -1.96. The Kier molecular flexibility index (Phi) is 2.17. The van der Waals surface area contributed by atoms with Crippen molar-refractivity contribution < 1.29 is 0 Å². The Morgan fingerprint density at radius 3 is 3.08 bits per heavy atom. The molecule has 0 N–H and O–H groups in total. The zero-order valence-corrected chi connectivity index (χ0v) is 8.84. The van der Waals surface area contributed by atoms with Crippen LogP contribution in [0.25, 0.3) is 5.13 Å².